The molecule has 0 radical (unpaired) electrons. The van der Waals surface area contributed by atoms with Gasteiger partial charge in [0, 0.05) is 5.39 Å². The van der Waals surface area contributed by atoms with Crippen LogP contribution in [0.1, 0.15) is 33.3 Å². The normalized spacial score (nSPS) is 16.9. The fourth-order valence-corrected chi connectivity index (χ4v) is 4.16. The number of nitrogens with one attached hydrogen (secondary N) is 2. The number of benzene rings is 3. The van der Waals surface area contributed by atoms with Gasteiger partial charge in [-0.25, -0.2) is 9.59 Å². The van der Waals surface area contributed by atoms with Crippen LogP contribution in [0.15, 0.2) is 88.9 Å². The largest absolute Gasteiger partial charge is 0.482 e. The molecule has 1 aliphatic rings. The second-order valence-corrected chi connectivity index (χ2v) is 9.47. The molecular formula is C28H30N4O4. The number of fused-ring (bicyclic) bond motifs is 1. The predicted molar refractivity (Wildman–Crippen MR) is 139 cm³/mol. The molecule has 0 aromatic heterocycles. The molecule has 1 unspecified atom stereocenters. The minimum Gasteiger partial charge on any atom is -0.482 e. The summed E-state index contributed by atoms with van der Waals surface area (Å²) in [5.41, 5.74) is 0.297. The lowest BCUT2D eigenvalue weighted by Crippen LogP contribution is -2.36. The maximum Gasteiger partial charge on any atom is 0.344 e. The van der Waals surface area contributed by atoms with E-state index in [9.17, 15) is 9.59 Å². The number of carbonyl (C=O) groups is 2. The zero-order chi connectivity index (χ0) is 25.8. The van der Waals surface area contributed by atoms with Crippen LogP contribution in [0.3, 0.4) is 0 Å². The van der Waals surface area contributed by atoms with Crippen LogP contribution < -0.4 is 15.4 Å². The molecule has 3 aromatic carbocycles. The predicted octanol–water partition coefficient (Wildman–Crippen LogP) is 6.15. The summed E-state index contributed by atoms with van der Waals surface area (Å²) in [4.78, 5) is 24.5. The molecule has 0 bridgehead atoms. The van der Waals surface area contributed by atoms with Gasteiger partial charge in [-0.05, 0) is 47.6 Å². The van der Waals surface area contributed by atoms with Crippen molar-refractivity contribution in [3.8, 4) is 5.75 Å². The Kier molecular flexibility index (Phi) is 7.05. The first-order chi connectivity index (χ1) is 17.2. The quantitative estimate of drug-likeness (QED) is 0.391. The summed E-state index contributed by atoms with van der Waals surface area (Å²) >= 11 is 0. The van der Waals surface area contributed by atoms with Gasteiger partial charge in [-0.2, -0.15) is 5.11 Å². The van der Waals surface area contributed by atoms with Crippen LogP contribution in [0.25, 0.3) is 10.8 Å². The zero-order valence-electron chi connectivity index (χ0n) is 20.9. The van der Waals surface area contributed by atoms with E-state index >= 15 is 0 Å². The van der Waals surface area contributed by atoms with Crippen molar-refractivity contribution < 1.29 is 19.1 Å². The summed E-state index contributed by atoms with van der Waals surface area (Å²) in [5, 5.41) is 16.6. The van der Waals surface area contributed by atoms with Gasteiger partial charge in [-0.3, -0.25) is 5.32 Å². The van der Waals surface area contributed by atoms with Gasteiger partial charge in [-0.1, -0.05) is 69.3 Å². The van der Waals surface area contributed by atoms with E-state index in [4.69, 9.17) is 9.47 Å². The van der Waals surface area contributed by atoms with Crippen LogP contribution in [0.4, 0.5) is 10.5 Å². The van der Waals surface area contributed by atoms with Crippen molar-refractivity contribution in [2.45, 2.75) is 33.2 Å². The molecule has 0 aliphatic carbocycles. The molecule has 0 saturated carbocycles. The van der Waals surface area contributed by atoms with Crippen LogP contribution in [-0.4, -0.2) is 25.2 Å². The van der Waals surface area contributed by atoms with E-state index in [1.165, 1.54) is 0 Å². The Morgan fingerprint density at radius 2 is 1.72 bits per heavy atom. The van der Waals surface area contributed by atoms with Crippen LogP contribution in [0.2, 0.25) is 0 Å². The Labute approximate surface area is 210 Å². The number of esters is 1. The molecule has 0 spiro atoms. The van der Waals surface area contributed by atoms with E-state index in [1.807, 2.05) is 87.5 Å². The molecule has 36 heavy (non-hydrogen) atoms. The smallest absolute Gasteiger partial charge is 0.344 e. The van der Waals surface area contributed by atoms with E-state index in [2.05, 4.69) is 20.9 Å². The molecule has 186 valence electrons. The summed E-state index contributed by atoms with van der Waals surface area (Å²) in [7, 11) is 0. The number of carbonyl (C=O) groups excluding carboxylic acids is 2. The SMILES string of the molecule is CCOC(=O)COc1cccc(C2(C(C)(C)C)C=C(NC(=O)Nc3cccc4ccccc34)N=N2)c1. The molecule has 0 fully saturated rings. The molecular weight excluding hydrogens is 456 g/mol. The number of ether oxygens (including phenoxy) is 2. The van der Waals surface area contributed by atoms with Crippen LogP contribution in [0, 0.1) is 5.41 Å². The number of hydrogen-bond donors (Lipinski definition) is 2. The first-order valence-corrected chi connectivity index (χ1v) is 11.8. The third-order valence-corrected chi connectivity index (χ3v) is 6.02. The van der Waals surface area contributed by atoms with Gasteiger partial charge < -0.3 is 14.8 Å². The lowest BCUT2D eigenvalue weighted by atomic mass is 9.70. The number of amides is 2. The second-order valence-electron chi connectivity index (χ2n) is 9.47. The average molecular weight is 487 g/mol. The Morgan fingerprint density at radius 3 is 2.50 bits per heavy atom. The van der Waals surface area contributed by atoms with Gasteiger partial charge >= 0.3 is 12.0 Å². The highest BCUT2D eigenvalue weighted by Crippen LogP contribution is 2.48. The highest BCUT2D eigenvalue weighted by molar-refractivity contribution is 6.01. The Balaban J connectivity index is 1.54. The third-order valence-electron chi connectivity index (χ3n) is 6.02. The molecule has 2 amide bonds. The maximum atomic E-state index is 12.8. The first-order valence-electron chi connectivity index (χ1n) is 11.8. The Bertz CT molecular complexity index is 1340. The van der Waals surface area contributed by atoms with Crippen molar-refractivity contribution >= 4 is 28.5 Å². The molecule has 4 rings (SSSR count). The van der Waals surface area contributed by atoms with Crippen LogP contribution in [0.5, 0.6) is 5.75 Å². The van der Waals surface area contributed by atoms with Crippen molar-refractivity contribution in [3.05, 3.63) is 84.2 Å². The fraction of sp³-hybridized carbons (Fsp3) is 0.286. The second kappa shape index (κ2) is 10.2. The number of urea groups is 1. The van der Waals surface area contributed by atoms with Gasteiger partial charge in [0.2, 0.25) is 0 Å². The minimum atomic E-state index is -0.849. The van der Waals surface area contributed by atoms with Crippen LogP contribution in [-0.2, 0) is 15.1 Å². The third kappa shape index (κ3) is 5.22. The maximum absolute atomic E-state index is 12.8. The Hall–Kier alpha value is -4.20. The van der Waals surface area contributed by atoms with E-state index < -0.39 is 17.5 Å². The van der Waals surface area contributed by atoms with E-state index in [0.717, 1.165) is 16.3 Å². The Morgan fingerprint density at radius 1 is 0.972 bits per heavy atom. The molecule has 0 saturated heterocycles. The lowest BCUT2D eigenvalue weighted by Gasteiger charge is -2.36. The molecule has 3 aromatic rings. The highest BCUT2D eigenvalue weighted by atomic mass is 16.6. The first kappa shape index (κ1) is 24.9. The molecule has 2 N–H and O–H groups in total. The van der Waals surface area contributed by atoms with Gasteiger partial charge in [0.15, 0.2) is 12.4 Å². The average Bonchev–Trinajstić information content (AvgIpc) is 3.29. The van der Waals surface area contributed by atoms with Gasteiger partial charge in [0.05, 0.1) is 12.3 Å². The highest BCUT2D eigenvalue weighted by Gasteiger charge is 2.45. The summed E-state index contributed by atoms with van der Waals surface area (Å²) in [5.74, 6) is 0.431. The topological polar surface area (TPSA) is 101 Å². The molecule has 8 heteroatoms. The van der Waals surface area contributed by atoms with Crippen LogP contribution >= 0.6 is 0 Å². The number of anilines is 1. The van der Waals surface area contributed by atoms with Crippen molar-refractivity contribution in [1.29, 1.82) is 0 Å². The molecule has 1 atom stereocenters. The van der Waals surface area contributed by atoms with Gasteiger partial charge in [-0.15, -0.1) is 5.11 Å². The lowest BCUT2D eigenvalue weighted by molar-refractivity contribution is -0.145. The summed E-state index contributed by atoms with van der Waals surface area (Å²) in [6, 6.07) is 20.5. The summed E-state index contributed by atoms with van der Waals surface area (Å²) in [6.07, 6.45) is 1.85. The standard InChI is InChI=1S/C28H30N4O4/c1-5-35-25(33)18-36-21-13-9-12-20(16-21)28(27(2,3)4)17-24(31-32-28)30-26(34)29-23-15-8-11-19-10-6-7-14-22(19)23/h6-17H,5,18H2,1-4H3,(H2,29,30,34). The number of azo groups is 1. The van der Waals surface area contributed by atoms with Crippen molar-refractivity contribution in [3.63, 3.8) is 0 Å². The molecule has 8 nitrogen and oxygen atoms in total. The minimum absolute atomic E-state index is 0.182. The fourth-order valence-electron chi connectivity index (χ4n) is 4.16. The number of rotatable bonds is 7. The van der Waals surface area contributed by atoms with Crippen molar-refractivity contribution in [2.75, 3.05) is 18.5 Å². The summed E-state index contributed by atoms with van der Waals surface area (Å²) < 4.78 is 10.6. The van der Waals surface area contributed by atoms with E-state index in [1.54, 1.807) is 13.0 Å². The van der Waals surface area contributed by atoms with E-state index in [-0.39, 0.29) is 12.0 Å². The van der Waals surface area contributed by atoms with Crippen molar-refractivity contribution in [1.82, 2.24) is 5.32 Å². The van der Waals surface area contributed by atoms with Crippen molar-refractivity contribution in [2.24, 2.45) is 15.6 Å². The summed E-state index contributed by atoms with van der Waals surface area (Å²) in [6.45, 7) is 8.01. The van der Waals surface area contributed by atoms with Gasteiger partial charge in [0.1, 0.15) is 11.3 Å². The zero-order valence-corrected chi connectivity index (χ0v) is 20.9. The molecule has 1 heterocycles. The molecule has 1 aliphatic heterocycles. The van der Waals surface area contributed by atoms with E-state index in [0.29, 0.717) is 23.9 Å². The monoisotopic (exact) mass is 486 g/mol. The number of nitrogens with zero attached hydrogens (tertiary/aromatic N) is 2. The number of hydrogen-bond acceptors (Lipinski definition) is 6. The van der Waals surface area contributed by atoms with Gasteiger partial charge in [0.25, 0.3) is 0 Å².